The standard InChI is InChI=1S/C16H24N6OS.HI/c1-17-16(21(2)11-15-19-13-20-22(15)3)18-9-10-24(23)12-14-7-5-4-6-8-14;/h4-8,13H,9-12H2,1-3H3,(H,17,18);1H. The zero-order valence-electron chi connectivity index (χ0n) is 14.8. The van der Waals surface area contributed by atoms with Gasteiger partial charge in [-0.25, -0.2) is 4.98 Å². The van der Waals surface area contributed by atoms with E-state index in [1.807, 2.05) is 49.3 Å². The SMILES string of the molecule is CN=C(NCCS(=O)Cc1ccccc1)N(C)Cc1ncnn1C.I. The first-order valence-electron chi connectivity index (χ1n) is 7.73. The largest absolute Gasteiger partial charge is 0.355 e. The Morgan fingerprint density at radius 1 is 1.36 bits per heavy atom. The van der Waals surface area contributed by atoms with E-state index in [4.69, 9.17) is 0 Å². The van der Waals surface area contributed by atoms with Crippen LogP contribution in [0.5, 0.6) is 0 Å². The summed E-state index contributed by atoms with van der Waals surface area (Å²) in [6.07, 6.45) is 1.53. The molecule has 0 amide bonds. The van der Waals surface area contributed by atoms with Crippen molar-refractivity contribution in [2.45, 2.75) is 12.3 Å². The van der Waals surface area contributed by atoms with Gasteiger partial charge in [0.05, 0.1) is 6.54 Å². The van der Waals surface area contributed by atoms with Crippen LogP contribution in [0.4, 0.5) is 0 Å². The zero-order valence-corrected chi connectivity index (χ0v) is 17.9. The molecule has 138 valence electrons. The van der Waals surface area contributed by atoms with Gasteiger partial charge in [-0.15, -0.1) is 24.0 Å². The molecule has 0 fully saturated rings. The molecule has 1 unspecified atom stereocenters. The molecule has 0 aliphatic carbocycles. The van der Waals surface area contributed by atoms with E-state index >= 15 is 0 Å². The fourth-order valence-electron chi connectivity index (χ4n) is 2.24. The van der Waals surface area contributed by atoms with Crippen molar-refractivity contribution < 1.29 is 4.21 Å². The molecule has 0 spiro atoms. The zero-order chi connectivity index (χ0) is 17.4. The lowest BCUT2D eigenvalue weighted by atomic mass is 10.2. The summed E-state index contributed by atoms with van der Waals surface area (Å²) in [4.78, 5) is 10.4. The van der Waals surface area contributed by atoms with Gasteiger partial charge >= 0.3 is 0 Å². The fourth-order valence-corrected chi connectivity index (χ4v) is 3.28. The van der Waals surface area contributed by atoms with E-state index in [0.29, 0.717) is 24.6 Å². The molecule has 1 aromatic heterocycles. The van der Waals surface area contributed by atoms with Crippen LogP contribution < -0.4 is 5.32 Å². The lowest BCUT2D eigenvalue weighted by Crippen LogP contribution is -2.40. The van der Waals surface area contributed by atoms with Crippen LogP contribution in [0, 0.1) is 0 Å². The third kappa shape index (κ3) is 7.10. The Bertz CT molecular complexity index is 691. The number of aliphatic imine (C=N–C) groups is 1. The first-order chi connectivity index (χ1) is 11.6. The number of guanidine groups is 1. The second-order valence-electron chi connectivity index (χ2n) is 5.40. The third-order valence-corrected chi connectivity index (χ3v) is 4.86. The van der Waals surface area contributed by atoms with Crippen LogP contribution in [0.3, 0.4) is 0 Å². The van der Waals surface area contributed by atoms with Crippen molar-refractivity contribution in [3.8, 4) is 0 Å². The van der Waals surface area contributed by atoms with Crippen molar-refractivity contribution in [2.75, 3.05) is 26.4 Å². The van der Waals surface area contributed by atoms with Crippen molar-refractivity contribution >= 4 is 40.7 Å². The highest BCUT2D eigenvalue weighted by Crippen LogP contribution is 2.03. The first kappa shape index (κ1) is 21.6. The van der Waals surface area contributed by atoms with Gasteiger partial charge in [0, 0.05) is 50.0 Å². The molecule has 0 aliphatic rings. The Morgan fingerprint density at radius 2 is 2.08 bits per heavy atom. The molecular formula is C16H25IN6OS. The van der Waals surface area contributed by atoms with E-state index in [1.54, 1.807) is 11.7 Å². The molecule has 9 heteroatoms. The number of hydrogen-bond donors (Lipinski definition) is 1. The molecule has 2 rings (SSSR count). The number of nitrogens with one attached hydrogen (secondary N) is 1. The molecule has 0 bridgehead atoms. The molecule has 25 heavy (non-hydrogen) atoms. The maximum atomic E-state index is 12.1. The Kier molecular flexibility index (Phi) is 9.65. The molecule has 0 radical (unpaired) electrons. The van der Waals surface area contributed by atoms with E-state index in [1.165, 1.54) is 6.33 Å². The van der Waals surface area contributed by atoms with Gasteiger partial charge in [0.1, 0.15) is 12.2 Å². The minimum Gasteiger partial charge on any atom is -0.355 e. The maximum absolute atomic E-state index is 12.1. The fraction of sp³-hybridized carbons (Fsp3) is 0.438. The van der Waals surface area contributed by atoms with Gasteiger partial charge in [-0.05, 0) is 5.56 Å². The minimum absolute atomic E-state index is 0. The van der Waals surface area contributed by atoms with Gasteiger partial charge < -0.3 is 10.2 Å². The number of nitrogens with zero attached hydrogens (tertiary/aromatic N) is 5. The molecule has 1 heterocycles. The third-order valence-electron chi connectivity index (χ3n) is 3.54. The highest BCUT2D eigenvalue weighted by molar-refractivity contribution is 14.0. The lowest BCUT2D eigenvalue weighted by Gasteiger charge is -2.21. The summed E-state index contributed by atoms with van der Waals surface area (Å²) < 4.78 is 13.9. The molecule has 0 saturated heterocycles. The Labute approximate surface area is 168 Å². The van der Waals surface area contributed by atoms with Gasteiger partial charge in [-0.1, -0.05) is 30.3 Å². The summed E-state index contributed by atoms with van der Waals surface area (Å²) in [6.45, 7) is 1.21. The highest BCUT2D eigenvalue weighted by atomic mass is 127. The van der Waals surface area contributed by atoms with Crippen LogP contribution in [0.25, 0.3) is 0 Å². The van der Waals surface area contributed by atoms with Crippen LogP contribution in [-0.2, 0) is 30.1 Å². The lowest BCUT2D eigenvalue weighted by molar-refractivity contribution is 0.450. The normalized spacial score (nSPS) is 12.4. The number of aryl methyl sites for hydroxylation is 1. The van der Waals surface area contributed by atoms with Crippen molar-refractivity contribution in [3.63, 3.8) is 0 Å². The molecular weight excluding hydrogens is 451 g/mol. The predicted molar refractivity (Wildman–Crippen MR) is 112 cm³/mol. The Morgan fingerprint density at radius 3 is 2.68 bits per heavy atom. The quantitative estimate of drug-likeness (QED) is 0.372. The molecule has 1 aromatic carbocycles. The van der Waals surface area contributed by atoms with E-state index < -0.39 is 10.8 Å². The van der Waals surface area contributed by atoms with Crippen LogP contribution in [0.2, 0.25) is 0 Å². The molecule has 1 atom stereocenters. The summed E-state index contributed by atoms with van der Waals surface area (Å²) in [5, 5.41) is 7.30. The summed E-state index contributed by atoms with van der Waals surface area (Å²) in [5.41, 5.74) is 1.10. The second-order valence-corrected chi connectivity index (χ2v) is 6.98. The Hall–Kier alpha value is -1.49. The van der Waals surface area contributed by atoms with E-state index in [-0.39, 0.29) is 24.0 Å². The number of rotatable bonds is 7. The van der Waals surface area contributed by atoms with Crippen LogP contribution in [0.15, 0.2) is 41.7 Å². The average Bonchev–Trinajstić information content (AvgIpc) is 2.97. The van der Waals surface area contributed by atoms with Crippen molar-refractivity contribution in [1.29, 1.82) is 0 Å². The summed E-state index contributed by atoms with van der Waals surface area (Å²) in [6, 6.07) is 9.89. The topological polar surface area (TPSA) is 75.4 Å². The van der Waals surface area contributed by atoms with Gasteiger partial charge in [-0.3, -0.25) is 13.9 Å². The molecule has 0 saturated carbocycles. The maximum Gasteiger partial charge on any atom is 0.193 e. The molecule has 1 N–H and O–H groups in total. The van der Waals surface area contributed by atoms with Crippen molar-refractivity contribution in [3.05, 3.63) is 48.0 Å². The monoisotopic (exact) mass is 476 g/mol. The number of aromatic nitrogens is 3. The number of hydrogen-bond acceptors (Lipinski definition) is 4. The van der Waals surface area contributed by atoms with Crippen molar-refractivity contribution in [1.82, 2.24) is 25.0 Å². The van der Waals surface area contributed by atoms with Gasteiger partial charge in [0.25, 0.3) is 0 Å². The van der Waals surface area contributed by atoms with Gasteiger partial charge in [0.2, 0.25) is 0 Å². The van der Waals surface area contributed by atoms with Gasteiger partial charge in [-0.2, -0.15) is 5.10 Å². The van der Waals surface area contributed by atoms with Crippen molar-refractivity contribution in [2.24, 2.45) is 12.0 Å². The molecule has 2 aromatic rings. The summed E-state index contributed by atoms with van der Waals surface area (Å²) >= 11 is 0. The highest BCUT2D eigenvalue weighted by Gasteiger charge is 2.10. The summed E-state index contributed by atoms with van der Waals surface area (Å²) in [7, 11) is 4.63. The average molecular weight is 476 g/mol. The minimum atomic E-state index is -0.900. The predicted octanol–water partition coefficient (Wildman–Crippen LogP) is 1.39. The van der Waals surface area contributed by atoms with Crippen LogP contribution >= 0.6 is 24.0 Å². The Balaban J connectivity index is 0.00000312. The van der Waals surface area contributed by atoms with Gasteiger partial charge in [0.15, 0.2) is 5.96 Å². The van der Waals surface area contributed by atoms with Crippen LogP contribution in [0.1, 0.15) is 11.4 Å². The molecule has 7 nitrogen and oxygen atoms in total. The second kappa shape index (κ2) is 11.2. The number of halogens is 1. The smallest absolute Gasteiger partial charge is 0.193 e. The van der Waals surface area contributed by atoms with E-state index in [2.05, 4.69) is 20.4 Å². The molecule has 0 aliphatic heterocycles. The van der Waals surface area contributed by atoms with E-state index in [0.717, 1.165) is 17.3 Å². The van der Waals surface area contributed by atoms with Crippen LogP contribution in [-0.4, -0.2) is 56.2 Å². The number of benzene rings is 1. The first-order valence-corrected chi connectivity index (χ1v) is 9.22. The van der Waals surface area contributed by atoms with E-state index in [9.17, 15) is 4.21 Å². The summed E-state index contributed by atoms with van der Waals surface area (Å²) in [5.74, 6) is 2.75.